The second-order valence-electron chi connectivity index (χ2n) is 3.63. The number of hydrogen-bond donors (Lipinski definition) is 0. The van der Waals surface area contributed by atoms with E-state index in [-0.39, 0.29) is 5.78 Å². The van der Waals surface area contributed by atoms with Crippen molar-refractivity contribution < 1.29 is 9.21 Å². The van der Waals surface area contributed by atoms with Gasteiger partial charge in [0.25, 0.3) is 0 Å². The zero-order valence-corrected chi connectivity index (χ0v) is 10.5. The smallest absolute Gasteiger partial charge is 0.202 e. The average molecular weight is 279 g/mol. The van der Waals surface area contributed by atoms with Gasteiger partial charge in [0.1, 0.15) is 0 Å². The summed E-state index contributed by atoms with van der Waals surface area (Å²) in [6.07, 6.45) is 0.382. The highest BCUT2D eigenvalue weighted by molar-refractivity contribution is 9.10. The van der Waals surface area contributed by atoms with Crippen molar-refractivity contribution in [3.63, 3.8) is 0 Å². The summed E-state index contributed by atoms with van der Waals surface area (Å²) in [7, 11) is 0. The van der Waals surface area contributed by atoms with Crippen molar-refractivity contribution in [2.24, 2.45) is 0 Å². The summed E-state index contributed by atoms with van der Waals surface area (Å²) in [4.78, 5) is 11.9. The molecule has 1 heterocycles. The summed E-state index contributed by atoms with van der Waals surface area (Å²) in [5.41, 5.74) is 2.17. The Labute approximate surface area is 102 Å². The third-order valence-electron chi connectivity index (χ3n) is 2.46. The molecule has 0 aliphatic carbocycles. The first-order chi connectivity index (χ1) is 7.66. The van der Waals surface area contributed by atoms with Crippen LogP contribution in [0, 0.1) is 6.92 Å². The third kappa shape index (κ3) is 2.42. The summed E-state index contributed by atoms with van der Waals surface area (Å²) in [6, 6.07) is 11.3. The van der Waals surface area contributed by atoms with Crippen LogP contribution in [0.15, 0.2) is 45.5 Å². The van der Waals surface area contributed by atoms with Gasteiger partial charge in [0.05, 0.1) is 0 Å². The van der Waals surface area contributed by atoms with Crippen LogP contribution in [-0.4, -0.2) is 5.78 Å². The van der Waals surface area contributed by atoms with Crippen LogP contribution in [-0.2, 0) is 6.42 Å². The molecule has 0 unspecified atom stereocenters. The van der Waals surface area contributed by atoms with Gasteiger partial charge < -0.3 is 4.42 Å². The molecule has 0 fully saturated rings. The standard InChI is InChI=1S/C13H11BrO2/c1-9-4-2-3-5-10(9)8-11(15)12-6-7-13(14)16-12/h2-7H,8H2,1H3. The summed E-state index contributed by atoms with van der Waals surface area (Å²) in [6.45, 7) is 2.00. The molecule has 0 saturated heterocycles. The maximum atomic E-state index is 11.9. The molecule has 1 aromatic heterocycles. The average Bonchev–Trinajstić information content (AvgIpc) is 2.68. The Morgan fingerprint density at radius 1 is 1.25 bits per heavy atom. The molecule has 0 radical (unpaired) electrons. The van der Waals surface area contributed by atoms with Crippen molar-refractivity contribution in [2.45, 2.75) is 13.3 Å². The number of halogens is 1. The minimum Gasteiger partial charge on any atom is -0.446 e. The van der Waals surface area contributed by atoms with Crippen molar-refractivity contribution in [1.82, 2.24) is 0 Å². The van der Waals surface area contributed by atoms with Gasteiger partial charge in [-0.2, -0.15) is 0 Å². The maximum absolute atomic E-state index is 11.9. The lowest BCUT2D eigenvalue weighted by Gasteiger charge is -2.02. The van der Waals surface area contributed by atoms with Crippen LogP contribution < -0.4 is 0 Å². The zero-order chi connectivity index (χ0) is 11.5. The Morgan fingerprint density at radius 3 is 2.62 bits per heavy atom. The molecule has 0 atom stereocenters. The molecule has 0 N–H and O–H groups in total. The fourth-order valence-electron chi connectivity index (χ4n) is 1.53. The molecule has 0 spiro atoms. The van der Waals surface area contributed by atoms with Crippen molar-refractivity contribution in [3.8, 4) is 0 Å². The number of carbonyl (C=O) groups is 1. The van der Waals surface area contributed by atoms with Gasteiger partial charge in [-0.05, 0) is 46.1 Å². The van der Waals surface area contributed by atoms with Gasteiger partial charge in [-0.3, -0.25) is 4.79 Å². The number of rotatable bonds is 3. The van der Waals surface area contributed by atoms with Crippen LogP contribution >= 0.6 is 15.9 Å². The monoisotopic (exact) mass is 278 g/mol. The maximum Gasteiger partial charge on any atom is 0.202 e. The first kappa shape index (κ1) is 11.1. The predicted molar refractivity (Wildman–Crippen MR) is 65.6 cm³/mol. The molecule has 2 aromatic rings. The third-order valence-corrected chi connectivity index (χ3v) is 2.89. The van der Waals surface area contributed by atoms with E-state index in [0.29, 0.717) is 16.9 Å². The number of benzene rings is 1. The topological polar surface area (TPSA) is 30.2 Å². The van der Waals surface area contributed by atoms with E-state index in [4.69, 9.17) is 4.42 Å². The van der Waals surface area contributed by atoms with Crippen molar-refractivity contribution in [3.05, 3.63) is 58.0 Å². The van der Waals surface area contributed by atoms with Gasteiger partial charge in [-0.15, -0.1) is 0 Å². The second kappa shape index (κ2) is 4.66. The highest BCUT2D eigenvalue weighted by atomic mass is 79.9. The van der Waals surface area contributed by atoms with Crippen LogP contribution in [0.4, 0.5) is 0 Å². The Morgan fingerprint density at radius 2 is 2.00 bits per heavy atom. The normalized spacial score (nSPS) is 10.4. The molecule has 0 saturated carbocycles. The van der Waals surface area contributed by atoms with Gasteiger partial charge >= 0.3 is 0 Å². The minimum absolute atomic E-state index is 0.000000000000000444. The van der Waals surface area contributed by atoms with E-state index in [0.717, 1.165) is 11.1 Å². The lowest BCUT2D eigenvalue weighted by atomic mass is 10.0. The number of Topliss-reactive ketones (excluding diaryl/α,β-unsaturated/α-hetero) is 1. The molecule has 0 aliphatic rings. The summed E-state index contributed by atoms with van der Waals surface area (Å²) in [5.74, 6) is 0.398. The number of ketones is 1. The van der Waals surface area contributed by atoms with Gasteiger partial charge in [0.15, 0.2) is 10.4 Å². The molecule has 3 heteroatoms. The summed E-state index contributed by atoms with van der Waals surface area (Å²) >= 11 is 3.18. The van der Waals surface area contributed by atoms with Gasteiger partial charge in [-0.1, -0.05) is 24.3 Å². The number of carbonyl (C=O) groups excluding carboxylic acids is 1. The van der Waals surface area contributed by atoms with Crippen LogP contribution in [0.5, 0.6) is 0 Å². The van der Waals surface area contributed by atoms with E-state index in [1.54, 1.807) is 12.1 Å². The van der Waals surface area contributed by atoms with Gasteiger partial charge in [0.2, 0.25) is 5.78 Å². The quantitative estimate of drug-likeness (QED) is 0.800. The van der Waals surface area contributed by atoms with E-state index in [9.17, 15) is 4.79 Å². The van der Waals surface area contributed by atoms with Crippen molar-refractivity contribution in [2.75, 3.05) is 0 Å². The first-order valence-electron chi connectivity index (χ1n) is 5.00. The number of aryl methyl sites for hydroxylation is 1. The Bertz CT molecular complexity index is 514. The van der Waals surface area contributed by atoms with Crippen LogP contribution in [0.25, 0.3) is 0 Å². The Balaban J connectivity index is 2.17. The zero-order valence-electron chi connectivity index (χ0n) is 8.87. The highest BCUT2D eigenvalue weighted by Crippen LogP contribution is 2.17. The van der Waals surface area contributed by atoms with E-state index < -0.39 is 0 Å². The van der Waals surface area contributed by atoms with Crippen LogP contribution in [0.3, 0.4) is 0 Å². The Kier molecular flexibility index (Phi) is 3.25. The lowest BCUT2D eigenvalue weighted by molar-refractivity contribution is 0.0965. The highest BCUT2D eigenvalue weighted by Gasteiger charge is 2.12. The number of furan rings is 1. The molecule has 16 heavy (non-hydrogen) atoms. The minimum atomic E-state index is 0.000000000000000444. The molecule has 2 nitrogen and oxygen atoms in total. The van der Waals surface area contributed by atoms with E-state index in [1.165, 1.54) is 0 Å². The van der Waals surface area contributed by atoms with E-state index in [2.05, 4.69) is 15.9 Å². The van der Waals surface area contributed by atoms with Crippen LogP contribution in [0.1, 0.15) is 21.7 Å². The summed E-state index contributed by atoms with van der Waals surface area (Å²) < 4.78 is 5.81. The number of hydrogen-bond acceptors (Lipinski definition) is 2. The first-order valence-corrected chi connectivity index (χ1v) is 5.79. The van der Waals surface area contributed by atoms with Gasteiger partial charge in [-0.25, -0.2) is 0 Å². The molecular formula is C13H11BrO2. The predicted octanol–water partition coefficient (Wildman–Crippen LogP) is 3.78. The Hall–Kier alpha value is -1.35. The summed E-state index contributed by atoms with van der Waals surface area (Å²) in [5, 5.41) is 0. The molecule has 82 valence electrons. The second-order valence-corrected chi connectivity index (χ2v) is 4.41. The fraction of sp³-hybridized carbons (Fsp3) is 0.154. The van der Waals surface area contributed by atoms with Crippen molar-refractivity contribution in [1.29, 1.82) is 0 Å². The lowest BCUT2D eigenvalue weighted by Crippen LogP contribution is -2.03. The molecule has 2 rings (SSSR count). The van der Waals surface area contributed by atoms with Crippen LogP contribution in [0.2, 0.25) is 0 Å². The van der Waals surface area contributed by atoms with Crippen molar-refractivity contribution >= 4 is 21.7 Å². The van der Waals surface area contributed by atoms with Gasteiger partial charge in [0, 0.05) is 6.42 Å². The van der Waals surface area contributed by atoms with E-state index in [1.807, 2.05) is 31.2 Å². The molecule has 0 aliphatic heterocycles. The largest absolute Gasteiger partial charge is 0.446 e. The SMILES string of the molecule is Cc1ccccc1CC(=O)c1ccc(Br)o1. The molecule has 0 bridgehead atoms. The molecular weight excluding hydrogens is 268 g/mol. The van der Waals surface area contributed by atoms with E-state index >= 15 is 0 Å². The molecule has 1 aromatic carbocycles. The fourth-order valence-corrected chi connectivity index (χ4v) is 1.84. The molecule has 0 amide bonds.